The smallest absolute Gasteiger partial charge is 0.264 e. The molecule has 0 radical (unpaired) electrons. The summed E-state index contributed by atoms with van der Waals surface area (Å²) in [6, 6.07) is 0. The normalized spacial score (nSPS) is 13.8. The average molecular weight is 397 g/mol. The number of allylic oxidation sites excluding steroid dienone is 8. The van der Waals surface area contributed by atoms with Gasteiger partial charge in [0, 0.05) is 0 Å². The molecule has 0 unspecified atom stereocenters. The van der Waals surface area contributed by atoms with Gasteiger partial charge in [0.15, 0.2) is 0 Å². The standard InChI is InChI=1S/C23H40O3S/c1-20(2)12-9-15-23(5)17-10-16-21(3)13-7-8-14-22(4)18-11-19-26-27(6,24)25/h12-14,17H,7-11,15-16,18-19H2,1-6H3/b21-13+,22-14+,23-17+. The molecular weight excluding hydrogens is 356 g/mol. The second kappa shape index (κ2) is 14.9. The van der Waals surface area contributed by atoms with Crippen LogP contribution in [0, 0.1) is 0 Å². The Labute approximate surface area is 168 Å². The highest BCUT2D eigenvalue weighted by Crippen LogP contribution is 2.13. The Morgan fingerprint density at radius 2 is 1.15 bits per heavy atom. The zero-order valence-corrected chi connectivity index (χ0v) is 19.1. The highest BCUT2D eigenvalue weighted by Gasteiger charge is 2.00. The van der Waals surface area contributed by atoms with Gasteiger partial charge in [-0.15, -0.1) is 0 Å². The van der Waals surface area contributed by atoms with Crippen LogP contribution >= 0.6 is 0 Å². The second-order valence-corrected chi connectivity index (χ2v) is 9.36. The molecule has 0 saturated carbocycles. The molecule has 3 nitrogen and oxygen atoms in total. The van der Waals surface area contributed by atoms with E-state index in [1.807, 2.05) is 0 Å². The molecule has 4 heteroatoms. The third-order valence-electron chi connectivity index (χ3n) is 4.29. The zero-order valence-electron chi connectivity index (χ0n) is 18.3. The number of hydrogen-bond acceptors (Lipinski definition) is 3. The average Bonchev–Trinajstić information content (AvgIpc) is 2.54. The molecular formula is C23H40O3S. The van der Waals surface area contributed by atoms with E-state index in [-0.39, 0.29) is 6.61 Å². The van der Waals surface area contributed by atoms with E-state index in [0.717, 1.165) is 57.6 Å². The minimum absolute atomic E-state index is 0.268. The van der Waals surface area contributed by atoms with Gasteiger partial charge in [-0.3, -0.25) is 4.18 Å². The van der Waals surface area contributed by atoms with E-state index in [1.54, 1.807) is 0 Å². The van der Waals surface area contributed by atoms with Crippen LogP contribution in [0.15, 0.2) is 46.6 Å². The largest absolute Gasteiger partial charge is 0.270 e. The molecule has 0 aromatic rings. The number of unbranched alkanes of at least 4 members (excludes halogenated alkanes) is 1. The molecule has 156 valence electrons. The Hall–Kier alpha value is -1.13. The Bertz CT molecular complexity index is 631. The van der Waals surface area contributed by atoms with E-state index in [4.69, 9.17) is 4.18 Å². The van der Waals surface area contributed by atoms with Crippen molar-refractivity contribution in [3.8, 4) is 0 Å². The lowest BCUT2D eigenvalue weighted by molar-refractivity contribution is 0.315. The van der Waals surface area contributed by atoms with Crippen LogP contribution in [0.3, 0.4) is 0 Å². The first kappa shape index (κ1) is 25.9. The van der Waals surface area contributed by atoms with Crippen molar-refractivity contribution in [2.75, 3.05) is 12.9 Å². The third-order valence-corrected chi connectivity index (χ3v) is 4.88. The van der Waals surface area contributed by atoms with Gasteiger partial charge in [0.05, 0.1) is 12.9 Å². The molecule has 0 fully saturated rings. The summed E-state index contributed by atoms with van der Waals surface area (Å²) < 4.78 is 26.5. The van der Waals surface area contributed by atoms with Crippen LogP contribution in [0.5, 0.6) is 0 Å². The Balaban J connectivity index is 3.96. The van der Waals surface area contributed by atoms with Gasteiger partial charge in [-0.1, -0.05) is 46.6 Å². The Morgan fingerprint density at radius 1 is 0.704 bits per heavy atom. The molecule has 0 heterocycles. The van der Waals surface area contributed by atoms with Crippen LogP contribution in [0.25, 0.3) is 0 Å². The lowest BCUT2D eigenvalue weighted by Gasteiger charge is -2.03. The van der Waals surface area contributed by atoms with E-state index in [1.165, 1.54) is 22.3 Å². The topological polar surface area (TPSA) is 43.4 Å². The van der Waals surface area contributed by atoms with Crippen molar-refractivity contribution >= 4 is 10.1 Å². The molecule has 0 atom stereocenters. The van der Waals surface area contributed by atoms with Crippen molar-refractivity contribution in [1.29, 1.82) is 0 Å². The number of rotatable bonds is 14. The zero-order chi connectivity index (χ0) is 20.7. The van der Waals surface area contributed by atoms with Gasteiger partial charge < -0.3 is 0 Å². The molecule has 27 heavy (non-hydrogen) atoms. The molecule has 0 aromatic heterocycles. The van der Waals surface area contributed by atoms with Gasteiger partial charge in [0.2, 0.25) is 0 Å². The molecule has 0 amide bonds. The van der Waals surface area contributed by atoms with Gasteiger partial charge >= 0.3 is 0 Å². The maximum absolute atomic E-state index is 10.9. The van der Waals surface area contributed by atoms with Gasteiger partial charge in [-0.05, 0) is 86.0 Å². The summed E-state index contributed by atoms with van der Waals surface area (Å²) in [4.78, 5) is 0. The summed E-state index contributed by atoms with van der Waals surface area (Å²) in [6.07, 6.45) is 18.6. The summed E-state index contributed by atoms with van der Waals surface area (Å²) >= 11 is 0. The molecule has 0 saturated heterocycles. The molecule has 0 aromatic carbocycles. The van der Waals surface area contributed by atoms with E-state index in [0.29, 0.717) is 0 Å². The fourth-order valence-electron chi connectivity index (χ4n) is 2.66. The molecule has 0 N–H and O–H groups in total. The fraction of sp³-hybridized carbons (Fsp3) is 0.652. The summed E-state index contributed by atoms with van der Waals surface area (Å²) in [5.74, 6) is 0. The van der Waals surface area contributed by atoms with Crippen LogP contribution in [0.2, 0.25) is 0 Å². The van der Waals surface area contributed by atoms with Crippen LogP contribution in [0.4, 0.5) is 0 Å². The number of hydrogen-bond donors (Lipinski definition) is 0. The van der Waals surface area contributed by atoms with Crippen molar-refractivity contribution in [3.05, 3.63) is 46.6 Å². The Kier molecular flexibility index (Phi) is 14.2. The summed E-state index contributed by atoms with van der Waals surface area (Å²) in [6.45, 7) is 11.1. The summed E-state index contributed by atoms with van der Waals surface area (Å²) in [5.41, 5.74) is 5.64. The maximum atomic E-state index is 10.9. The first-order chi connectivity index (χ1) is 12.6. The first-order valence-electron chi connectivity index (χ1n) is 10.0. The van der Waals surface area contributed by atoms with E-state index in [9.17, 15) is 8.42 Å². The lowest BCUT2D eigenvalue weighted by atomic mass is 10.0. The fourth-order valence-corrected chi connectivity index (χ4v) is 3.08. The van der Waals surface area contributed by atoms with Crippen LogP contribution < -0.4 is 0 Å². The molecule has 0 aliphatic heterocycles. The van der Waals surface area contributed by atoms with Crippen molar-refractivity contribution in [2.24, 2.45) is 0 Å². The van der Waals surface area contributed by atoms with Gasteiger partial charge in [0.1, 0.15) is 0 Å². The predicted molar refractivity (Wildman–Crippen MR) is 118 cm³/mol. The van der Waals surface area contributed by atoms with E-state index < -0.39 is 10.1 Å². The van der Waals surface area contributed by atoms with Gasteiger partial charge in [-0.25, -0.2) is 0 Å². The third kappa shape index (κ3) is 19.4. The maximum Gasteiger partial charge on any atom is 0.264 e. The van der Waals surface area contributed by atoms with E-state index in [2.05, 4.69) is 58.9 Å². The lowest BCUT2D eigenvalue weighted by Crippen LogP contribution is -2.03. The van der Waals surface area contributed by atoms with Crippen molar-refractivity contribution < 1.29 is 12.6 Å². The van der Waals surface area contributed by atoms with Crippen LogP contribution in [-0.2, 0) is 14.3 Å². The summed E-state index contributed by atoms with van der Waals surface area (Å²) in [7, 11) is -3.31. The van der Waals surface area contributed by atoms with Crippen molar-refractivity contribution in [3.63, 3.8) is 0 Å². The van der Waals surface area contributed by atoms with Gasteiger partial charge in [0.25, 0.3) is 10.1 Å². The van der Waals surface area contributed by atoms with Crippen LogP contribution in [0.1, 0.15) is 86.0 Å². The SMILES string of the molecule is CC(C)=CCC/C(C)=C/CC/C(C)=C/CC/C=C(\C)CCCOS(C)(=O)=O. The molecule has 0 spiro atoms. The molecule has 0 aliphatic carbocycles. The van der Waals surface area contributed by atoms with E-state index >= 15 is 0 Å². The van der Waals surface area contributed by atoms with Gasteiger partial charge in [-0.2, -0.15) is 8.42 Å². The molecule has 0 rings (SSSR count). The van der Waals surface area contributed by atoms with Crippen molar-refractivity contribution in [2.45, 2.75) is 86.0 Å². The minimum atomic E-state index is -3.31. The molecule has 0 bridgehead atoms. The van der Waals surface area contributed by atoms with Crippen LogP contribution in [-0.4, -0.2) is 21.3 Å². The Morgan fingerprint density at radius 3 is 1.63 bits per heavy atom. The first-order valence-corrected chi connectivity index (χ1v) is 11.9. The minimum Gasteiger partial charge on any atom is -0.270 e. The second-order valence-electron chi connectivity index (χ2n) is 7.72. The highest BCUT2D eigenvalue weighted by atomic mass is 32.2. The highest BCUT2D eigenvalue weighted by molar-refractivity contribution is 7.85. The monoisotopic (exact) mass is 396 g/mol. The van der Waals surface area contributed by atoms with Crippen molar-refractivity contribution in [1.82, 2.24) is 0 Å². The molecule has 0 aliphatic rings. The predicted octanol–water partition coefficient (Wildman–Crippen LogP) is 6.89. The summed E-state index contributed by atoms with van der Waals surface area (Å²) in [5, 5.41) is 0. The quantitative estimate of drug-likeness (QED) is 0.182.